The summed E-state index contributed by atoms with van der Waals surface area (Å²) in [6.45, 7) is 0. The summed E-state index contributed by atoms with van der Waals surface area (Å²) in [5, 5.41) is 0.646. The van der Waals surface area contributed by atoms with Crippen molar-refractivity contribution in [3.8, 4) is 0 Å². The van der Waals surface area contributed by atoms with Gasteiger partial charge in [-0.1, -0.05) is 23.9 Å². The zero-order chi connectivity index (χ0) is 12.4. The van der Waals surface area contributed by atoms with Crippen molar-refractivity contribution in [2.24, 2.45) is 0 Å². The second kappa shape index (κ2) is 4.80. The molecule has 0 unspecified atom stereocenters. The van der Waals surface area contributed by atoms with Gasteiger partial charge in [0.25, 0.3) is 0 Å². The average molecular weight is 312 g/mol. The van der Waals surface area contributed by atoms with Crippen molar-refractivity contribution >= 4 is 45.1 Å². The summed E-state index contributed by atoms with van der Waals surface area (Å²) in [6, 6.07) is 7.50. The van der Waals surface area contributed by atoms with Crippen molar-refractivity contribution < 1.29 is 0 Å². The van der Waals surface area contributed by atoms with E-state index in [2.05, 4.69) is 25.9 Å². The Morgan fingerprint density at radius 2 is 1.76 bits per heavy atom. The maximum absolute atomic E-state index is 5.85. The normalized spacial score (nSPS) is 10.4. The predicted molar refractivity (Wildman–Crippen MR) is 73.5 cm³/mol. The Balaban J connectivity index is 2.40. The highest BCUT2D eigenvalue weighted by Gasteiger charge is 2.11. The molecule has 0 bridgehead atoms. The average Bonchev–Trinajstić information content (AvgIpc) is 2.28. The van der Waals surface area contributed by atoms with Gasteiger partial charge in [0.1, 0.15) is 10.8 Å². The quantitative estimate of drug-likeness (QED) is 0.580. The third-order valence-corrected chi connectivity index (χ3v) is 4.11. The molecule has 0 spiro atoms. The van der Waals surface area contributed by atoms with Crippen LogP contribution >= 0.6 is 27.7 Å². The maximum Gasteiger partial charge on any atom is 0.223 e. The minimum atomic E-state index is 0.141. The number of hydrogen-bond acceptors (Lipinski definition) is 6. The van der Waals surface area contributed by atoms with Crippen LogP contribution < -0.4 is 17.2 Å². The minimum absolute atomic E-state index is 0.141. The third kappa shape index (κ3) is 2.62. The molecule has 0 atom stereocenters. The zero-order valence-corrected chi connectivity index (χ0v) is 11.1. The van der Waals surface area contributed by atoms with Crippen LogP contribution in [-0.4, -0.2) is 9.97 Å². The molecule has 2 rings (SSSR count). The first-order valence-electron chi connectivity index (χ1n) is 4.69. The monoisotopic (exact) mass is 311 g/mol. The number of hydrogen-bond donors (Lipinski definition) is 3. The fourth-order valence-corrected chi connectivity index (χ4v) is 2.50. The number of benzene rings is 1. The van der Waals surface area contributed by atoms with Crippen molar-refractivity contribution in [3.05, 3.63) is 28.7 Å². The van der Waals surface area contributed by atoms with Gasteiger partial charge in [-0.2, -0.15) is 4.98 Å². The second-order valence-electron chi connectivity index (χ2n) is 3.23. The summed E-state index contributed by atoms with van der Waals surface area (Å²) in [7, 11) is 0. The Hall–Kier alpha value is -1.47. The number of rotatable bonds is 2. The minimum Gasteiger partial charge on any atom is -0.398 e. The SMILES string of the molecule is Nc1nc(N)c(Br)c(Sc2ccccc2N)n1. The Bertz CT molecular complexity index is 560. The van der Waals surface area contributed by atoms with Crippen molar-refractivity contribution in [2.45, 2.75) is 9.92 Å². The van der Waals surface area contributed by atoms with Gasteiger partial charge in [0.15, 0.2) is 0 Å². The van der Waals surface area contributed by atoms with E-state index < -0.39 is 0 Å². The Morgan fingerprint density at radius 1 is 1.06 bits per heavy atom. The molecular weight excluding hydrogens is 302 g/mol. The van der Waals surface area contributed by atoms with Gasteiger partial charge in [-0.3, -0.25) is 0 Å². The number of anilines is 3. The molecule has 88 valence electrons. The van der Waals surface area contributed by atoms with E-state index in [1.54, 1.807) is 0 Å². The summed E-state index contributed by atoms with van der Waals surface area (Å²) in [6.07, 6.45) is 0. The first-order valence-corrected chi connectivity index (χ1v) is 6.29. The summed E-state index contributed by atoms with van der Waals surface area (Å²) in [4.78, 5) is 8.86. The lowest BCUT2D eigenvalue weighted by Gasteiger charge is -2.07. The summed E-state index contributed by atoms with van der Waals surface area (Å²) >= 11 is 4.72. The molecule has 5 nitrogen and oxygen atoms in total. The number of para-hydroxylation sites is 1. The van der Waals surface area contributed by atoms with Gasteiger partial charge in [0.05, 0.1) is 4.47 Å². The molecule has 0 aliphatic rings. The van der Waals surface area contributed by atoms with Gasteiger partial charge in [-0.15, -0.1) is 0 Å². The van der Waals surface area contributed by atoms with E-state index in [0.29, 0.717) is 21.0 Å². The summed E-state index contributed by atoms with van der Waals surface area (Å²) in [5.41, 5.74) is 17.8. The van der Waals surface area contributed by atoms with Crippen LogP contribution in [0, 0.1) is 0 Å². The van der Waals surface area contributed by atoms with E-state index in [0.717, 1.165) is 4.90 Å². The molecule has 17 heavy (non-hydrogen) atoms. The summed E-state index contributed by atoms with van der Waals surface area (Å²) in [5.74, 6) is 0.456. The molecule has 1 heterocycles. The van der Waals surface area contributed by atoms with Crippen LogP contribution in [0.2, 0.25) is 0 Å². The van der Waals surface area contributed by atoms with Gasteiger partial charge in [0, 0.05) is 10.6 Å². The van der Waals surface area contributed by atoms with Crippen molar-refractivity contribution in [2.75, 3.05) is 17.2 Å². The van der Waals surface area contributed by atoms with Crippen LogP contribution in [0.5, 0.6) is 0 Å². The fourth-order valence-electron chi connectivity index (χ4n) is 1.21. The van der Waals surface area contributed by atoms with E-state index in [1.807, 2.05) is 24.3 Å². The fraction of sp³-hybridized carbons (Fsp3) is 0. The second-order valence-corrected chi connectivity index (χ2v) is 5.05. The van der Waals surface area contributed by atoms with Gasteiger partial charge in [0.2, 0.25) is 5.95 Å². The summed E-state index contributed by atoms with van der Waals surface area (Å²) < 4.78 is 0.625. The lowest BCUT2D eigenvalue weighted by Crippen LogP contribution is -2.02. The molecule has 7 heteroatoms. The van der Waals surface area contributed by atoms with E-state index >= 15 is 0 Å². The maximum atomic E-state index is 5.85. The Labute approximate surface area is 111 Å². The number of aromatic nitrogens is 2. The number of halogens is 1. The van der Waals surface area contributed by atoms with Crippen LogP contribution in [0.3, 0.4) is 0 Å². The Kier molecular flexibility index (Phi) is 3.39. The highest BCUT2D eigenvalue weighted by molar-refractivity contribution is 9.10. The van der Waals surface area contributed by atoms with Gasteiger partial charge in [-0.25, -0.2) is 4.98 Å². The lowest BCUT2D eigenvalue weighted by molar-refractivity contribution is 1.05. The molecule has 0 saturated carbocycles. The predicted octanol–water partition coefficient (Wildman–Crippen LogP) is 2.14. The molecule has 1 aromatic heterocycles. The lowest BCUT2D eigenvalue weighted by atomic mass is 10.3. The molecule has 0 aliphatic carbocycles. The molecule has 6 N–H and O–H groups in total. The largest absolute Gasteiger partial charge is 0.398 e. The van der Waals surface area contributed by atoms with E-state index in [1.165, 1.54) is 11.8 Å². The van der Waals surface area contributed by atoms with Crippen molar-refractivity contribution in [1.29, 1.82) is 0 Å². The molecule has 2 aromatic rings. The van der Waals surface area contributed by atoms with E-state index in [9.17, 15) is 0 Å². The standard InChI is InChI=1S/C10H10BrN5S/c11-7-8(13)15-10(14)16-9(7)17-6-4-2-1-3-5(6)12/h1-4H,12H2,(H4,13,14,15,16). The molecular formula is C10H10BrN5S. The van der Waals surface area contributed by atoms with E-state index in [4.69, 9.17) is 17.2 Å². The van der Waals surface area contributed by atoms with Crippen molar-refractivity contribution in [3.63, 3.8) is 0 Å². The first kappa shape index (κ1) is 12.0. The number of nitrogens with two attached hydrogens (primary N) is 3. The van der Waals surface area contributed by atoms with Gasteiger partial charge < -0.3 is 17.2 Å². The van der Waals surface area contributed by atoms with Gasteiger partial charge >= 0.3 is 0 Å². The number of nitrogen functional groups attached to an aromatic ring is 3. The molecule has 0 amide bonds. The molecule has 0 aliphatic heterocycles. The highest BCUT2D eigenvalue weighted by atomic mass is 79.9. The molecule has 1 aromatic carbocycles. The molecule has 0 saturated heterocycles. The molecule has 0 fully saturated rings. The van der Waals surface area contributed by atoms with Crippen molar-refractivity contribution in [1.82, 2.24) is 9.97 Å². The van der Waals surface area contributed by atoms with Crippen LogP contribution in [-0.2, 0) is 0 Å². The Morgan fingerprint density at radius 3 is 2.47 bits per heavy atom. The smallest absolute Gasteiger partial charge is 0.223 e. The topological polar surface area (TPSA) is 104 Å². The zero-order valence-electron chi connectivity index (χ0n) is 8.72. The third-order valence-electron chi connectivity index (χ3n) is 1.99. The van der Waals surface area contributed by atoms with Crippen LogP contribution in [0.25, 0.3) is 0 Å². The molecule has 0 radical (unpaired) electrons. The van der Waals surface area contributed by atoms with Crippen LogP contribution in [0.15, 0.2) is 38.7 Å². The van der Waals surface area contributed by atoms with Crippen LogP contribution in [0.1, 0.15) is 0 Å². The first-order chi connectivity index (χ1) is 8.08. The van der Waals surface area contributed by atoms with E-state index in [-0.39, 0.29) is 5.95 Å². The van der Waals surface area contributed by atoms with Crippen LogP contribution in [0.4, 0.5) is 17.5 Å². The number of nitrogens with zero attached hydrogens (tertiary/aromatic N) is 2. The highest BCUT2D eigenvalue weighted by Crippen LogP contribution is 2.36. The van der Waals surface area contributed by atoms with Gasteiger partial charge in [-0.05, 0) is 28.1 Å².